The van der Waals surface area contributed by atoms with Crippen LogP contribution in [0.2, 0.25) is 5.02 Å². The van der Waals surface area contributed by atoms with Crippen LogP contribution in [0.4, 0.5) is 4.39 Å². The topological polar surface area (TPSA) is 50.8 Å². The fourth-order valence-corrected chi connectivity index (χ4v) is 4.23. The van der Waals surface area contributed by atoms with Crippen molar-refractivity contribution in [1.29, 1.82) is 0 Å². The van der Waals surface area contributed by atoms with Crippen molar-refractivity contribution in [3.05, 3.63) is 58.4 Å². The fraction of sp³-hybridized carbons (Fsp3) is 0.435. The first kappa shape index (κ1) is 20.9. The van der Waals surface area contributed by atoms with Crippen molar-refractivity contribution in [3.8, 4) is 11.5 Å². The number of carbonyl (C=O) groups is 1. The molecule has 2 aromatic rings. The summed E-state index contributed by atoms with van der Waals surface area (Å²) in [5, 5.41) is 3.57. The number of benzene rings is 2. The van der Waals surface area contributed by atoms with Crippen LogP contribution in [0.25, 0.3) is 0 Å². The van der Waals surface area contributed by atoms with Gasteiger partial charge in [-0.05, 0) is 62.7 Å². The van der Waals surface area contributed by atoms with Crippen LogP contribution < -0.4 is 14.8 Å². The van der Waals surface area contributed by atoms with E-state index in [1.54, 1.807) is 12.1 Å². The maximum absolute atomic E-state index is 14.0. The number of halogens is 2. The molecule has 0 bridgehead atoms. The molecule has 2 aromatic carbocycles. The van der Waals surface area contributed by atoms with Crippen LogP contribution in [0, 0.1) is 11.7 Å². The summed E-state index contributed by atoms with van der Waals surface area (Å²) in [6.45, 7) is 5.00. The molecule has 0 aromatic heterocycles. The molecular weight excluding hydrogens is 407 g/mol. The zero-order valence-corrected chi connectivity index (χ0v) is 17.8. The van der Waals surface area contributed by atoms with Gasteiger partial charge in [-0.1, -0.05) is 23.7 Å². The van der Waals surface area contributed by atoms with Gasteiger partial charge in [0.1, 0.15) is 19.0 Å². The normalized spacial score (nSPS) is 18.1. The largest absolute Gasteiger partial charge is 0.486 e. The van der Waals surface area contributed by atoms with Crippen LogP contribution in [0.3, 0.4) is 0 Å². The Labute approximate surface area is 181 Å². The van der Waals surface area contributed by atoms with Crippen molar-refractivity contribution in [2.24, 2.45) is 5.92 Å². The summed E-state index contributed by atoms with van der Waals surface area (Å²) in [5.41, 5.74) is 1.51. The van der Waals surface area contributed by atoms with Gasteiger partial charge in [-0.2, -0.15) is 0 Å². The summed E-state index contributed by atoms with van der Waals surface area (Å²) in [7, 11) is 0. The van der Waals surface area contributed by atoms with Crippen LogP contribution in [-0.4, -0.2) is 37.1 Å². The Bertz CT molecular complexity index is 895. The highest BCUT2D eigenvalue weighted by atomic mass is 35.5. The molecule has 1 fully saturated rings. The number of amides is 1. The molecule has 4 rings (SSSR count). The Kier molecular flexibility index (Phi) is 6.44. The lowest BCUT2D eigenvalue weighted by atomic mass is 9.94. The summed E-state index contributed by atoms with van der Waals surface area (Å²) < 4.78 is 25.2. The molecule has 1 atom stereocenters. The minimum Gasteiger partial charge on any atom is -0.486 e. The molecule has 0 radical (unpaired) electrons. The van der Waals surface area contributed by atoms with E-state index in [4.69, 9.17) is 21.1 Å². The summed E-state index contributed by atoms with van der Waals surface area (Å²) in [6, 6.07) is 10.4. The van der Waals surface area contributed by atoms with Crippen LogP contribution in [0.15, 0.2) is 36.4 Å². The lowest BCUT2D eigenvalue weighted by molar-refractivity contribution is -0.127. The quantitative estimate of drug-likeness (QED) is 0.763. The van der Waals surface area contributed by atoms with Gasteiger partial charge in [-0.25, -0.2) is 4.39 Å². The van der Waals surface area contributed by atoms with Crippen molar-refractivity contribution < 1.29 is 18.7 Å². The van der Waals surface area contributed by atoms with E-state index in [2.05, 4.69) is 10.2 Å². The molecule has 2 heterocycles. The van der Waals surface area contributed by atoms with Crippen LogP contribution >= 0.6 is 11.6 Å². The second kappa shape index (κ2) is 9.23. The molecule has 5 nitrogen and oxygen atoms in total. The van der Waals surface area contributed by atoms with Gasteiger partial charge in [0.15, 0.2) is 11.5 Å². The average molecular weight is 433 g/mol. The first-order chi connectivity index (χ1) is 14.5. The molecule has 2 aliphatic rings. The Hall–Kier alpha value is -2.31. The molecule has 0 saturated carbocycles. The molecule has 160 valence electrons. The lowest BCUT2D eigenvalue weighted by Crippen LogP contribution is -2.41. The highest BCUT2D eigenvalue weighted by Crippen LogP contribution is 2.33. The summed E-state index contributed by atoms with van der Waals surface area (Å²) in [5.74, 6) is 1.19. The van der Waals surface area contributed by atoms with Gasteiger partial charge in [0.2, 0.25) is 5.91 Å². The van der Waals surface area contributed by atoms with Gasteiger partial charge in [-0.3, -0.25) is 9.69 Å². The number of carbonyl (C=O) groups excluding carboxylic acids is 1. The van der Waals surface area contributed by atoms with E-state index < -0.39 is 0 Å². The van der Waals surface area contributed by atoms with E-state index in [0.717, 1.165) is 43.0 Å². The smallest absolute Gasteiger partial charge is 0.223 e. The number of piperidine rings is 1. The third-order valence-corrected chi connectivity index (χ3v) is 6.18. The van der Waals surface area contributed by atoms with E-state index >= 15 is 0 Å². The van der Waals surface area contributed by atoms with Gasteiger partial charge in [0.25, 0.3) is 0 Å². The predicted octanol–water partition coefficient (Wildman–Crippen LogP) is 4.34. The molecule has 0 aliphatic carbocycles. The van der Waals surface area contributed by atoms with E-state index in [9.17, 15) is 9.18 Å². The SMILES string of the molecule is CC(NC(=O)C1CCN(Cc2c(F)cccc2Cl)CC1)c1ccc2c(c1)OCCO2. The van der Waals surface area contributed by atoms with Gasteiger partial charge in [-0.15, -0.1) is 0 Å². The second-order valence-electron chi connectivity index (χ2n) is 7.88. The lowest BCUT2D eigenvalue weighted by Gasteiger charge is -2.32. The monoisotopic (exact) mass is 432 g/mol. The number of nitrogens with one attached hydrogen (secondary N) is 1. The third kappa shape index (κ3) is 4.71. The van der Waals surface area contributed by atoms with E-state index in [-0.39, 0.29) is 23.7 Å². The summed E-state index contributed by atoms with van der Waals surface area (Å²) in [6.07, 6.45) is 1.48. The minimum atomic E-state index is -0.282. The number of rotatable bonds is 5. The van der Waals surface area contributed by atoms with Crippen molar-refractivity contribution in [1.82, 2.24) is 10.2 Å². The Balaban J connectivity index is 1.30. The molecule has 0 spiro atoms. The van der Waals surface area contributed by atoms with Gasteiger partial charge in [0.05, 0.1) is 6.04 Å². The number of nitrogens with zero attached hydrogens (tertiary/aromatic N) is 1. The van der Waals surface area contributed by atoms with Crippen molar-refractivity contribution in [3.63, 3.8) is 0 Å². The third-order valence-electron chi connectivity index (χ3n) is 5.83. The van der Waals surface area contributed by atoms with Gasteiger partial charge in [0, 0.05) is 23.0 Å². The van der Waals surface area contributed by atoms with Crippen LogP contribution in [-0.2, 0) is 11.3 Å². The number of likely N-dealkylation sites (tertiary alicyclic amines) is 1. The maximum atomic E-state index is 14.0. The van der Waals surface area contributed by atoms with Crippen molar-refractivity contribution in [2.75, 3.05) is 26.3 Å². The molecule has 2 aliphatic heterocycles. The maximum Gasteiger partial charge on any atom is 0.223 e. The highest BCUT2D eigenvalue weighted by Gasteiger charge is 2.27. The molecule has 30 heavy (non-hydrogen) atoms. The zero-order chi connectivity index (χ0) is 21.1. The first-order valence-electron chi connectivity index (χ1n) is 10.4. The molecule has 1 saturated heterocycles. The molecule has 1 amide bonds. The molecule has 7 heteroatoms. The Morgan fingerprint density at radius 2 is 1.93 bits per heavy atom. The predicted molar refractivity (Wildman–Crippen MR) is 113 cm³/mol. The fourth-order valence-electron chi connectivity index (χ4n) is 4.00. The van der Waals surface area contributed by atoms with Crippen LogP contribution in [0.5, 0.6) is 11.5 Å². The summed E-state index contributed by atoms with van der Waals surface area (Å²) in [4.78, 5) is 14.9. The Morgan fingerprint density at radius 3 is 2.67 bits per heavy atom. The van der Waals surface area contributed by atoms with E-state index in [0.29, 0.717) is 30.3 Å². The molecular formula is C23H26ClFN2O3. The van der Waals surface area contributed by atoms with E-state index in [1.807, 2.05) is 25.1 Å². The molecule has 1 N–H and O–H groups in total. The molecule has 1 unspecified atom stereocenters. The number of hydrogen-bond donors (Lipinski definition) is 1. The van der Waals surface area contributed by atoms with Crippen molar-refractivity contribution in [2.45, 2.75) is 32.4 Å². The first-order valence-corrected chi connectivity index (χ1v) is 10.7. The Morgan fingerprint density at radius 1 is 1.20 bits per heavy atom. The standard InChI is InChI=1S/C23H26ClFN2O3/c1-15(17-5-6-21-22(13-17)30-12-11-29-21)26-23(28)16-7-9-27(10-8-16)14-18-19(24)3-2-4-20(18)25/h2-6,13,15-16H,7-12,14H2,1H3,(H,26,28). The summed E-state index contributed by atoms with van der Waals surface area (Å²) >= 11 is 6.14. The zero-order valence-electron chi connectivity index (χ0n) is 17.0. The number of hydrogen-bond acceptors (Lipinski definition) is 4. The van der Waals surface area contributed by atoms with E-state index in [1.165, 1.54) is 6.07 Å². The van der Waals surface area contributed by atoms with Gasteiger partial charge < -0.3 is 14.8 Å². The minimum absolute atomic E-state index is 0.0444. The highest BCUT2D eigenvalue weighted by molar-refractivity contribution is 6.31. The second-order valence-corrected chi connectivity index (χ2v) is 8.29. The average Bonchev–Trinajstić information content (AvgIpc) is 2.76. The van der Waals surface area contributed by atoms with Crippen LogP contribution in [0.1, 0.15) is 36.9 Å². The number of ether oxygens (including phenoxy) is 2. The number of fused-ring (bicyclic) bond motifs is 1. The van der Waals surface area contributed by atoms with Crippen molar-refractivity contribution >= 4 is 17.5 Å². The van der Waals surface area contributed by atoms with Gasteiger partial charge >= 0.3 is 0 Å².